The van der Waals surface area contributed by atoms with Gasteiger partial charge in [-0.1, -0.05) is 12.1 Å². The van der Waals surface area contributed by atoms with Crippen molar-refractivity contribution in [1.29, 1.82) is 0 Å². The van der Waals surface area contributed by atoms with Crippen LogP contribution >= 0.6 is 0 Å². The van der Waals surface area contributed by atoms with Crippen LogP contribution in [0, 0.1) is 5.92 Å². The summed E-state index contributed by atoms with van der Waals surface area (Å²) < 4.78 is 0. The van der Waals surface area contributed by atoms with Crippen molar-refractivity contribution in [3.63, 3.8) is 0 Å². The van der Waals surface area contributed by atoms with Gasteiger partial charge in [-0.05, 0) is 62.7 Å². The number of anilines is 1. The van der Waals surface area contributed by atoms with Crippen molar-refractivity contribution in [1.82, 2.24) is 20.6 Å². The van der Waals surface area contributed by atoms with Crippen molar-refractivity contribution in [3.8, 4) is 0 Å². The largest absolute Gasteiger partial charge is 0.365 e. The number of carbonyl (C=O) groups is 2. The lowest BCUT2D eigenvalue weighted by atomic mass is 9.90. The Hall–Kier alpha value is -3.13. The lowest BCUT2D eigenvalue weighted by molar-refractivity contribution is -0.122. The number of hydrogen-bond acceptors (Lipinski definition) is 5. The zero-order valence-corrected chi connectivity index (χ0v) is 19.1. The summed E-state index contributed by atoms with van der Waals surface area (Å²) in [5, 5.41) is 8.31. The second-order valence-electron chi connectivity index (χ2n) is 9.40. The highest BCUT2D eigenvalue weighted by Gasteiger charge is 2.24. The van der Waals surface area contributed by atoms with Gasteiger partial charge in [-0.2, -0.15) is 0 Å². The molecule has 4 heterocycles. The van der Waals surface area contributed by atoms with Gasteiger partial charge in [-0.25, -0.2) is 4.98 Å². The first kappa shape index (κ1) is 21.7. The molecule has 0 bridgehead atoms. The molecule has 0 spiro atoms. The average molecular weight is 449 g/mol. The van der Waals surface area contributed by atoms with E-state index in [2.05, 4.69) is 43.7 Å². The van der Waals surface area contributed by atoms with Crippen LogP contribution < -0.4 is 21.3 Å². The van der Waals surface area contributed by atoms with Gasteiger partial charge in [0.05, 0.1) is 16.5 Å². The van der Waals surface area contributed by atoms with E-state index in [0.29, 0.717) is 11.5 Å². The van der Waals surface area contributed by atoms with Crippen LogP contribution in [0.2, 0.25) is 0 Å². The third-order valence-electron chi connectivity index (χ3n) is 7.28. The van der Waals surface area contributed by atoms with Crippen LogP contribution in [-0.4, -0.2) is 55.0 Å². The molecular formula is C25H32N6O2. The Morgan fingerprint density at radius 3 is 2.76 bits per heavy atom. The number of nitrogens with one attached hydrogen (secondary N) is 3. The molecular weight excluding hydrogens is 416 g/mol. The number of aromatic amines is 1. The fraction of sp³-hybridized carbons (Fsp3) is 0.480. The number of piperidine rings is 1. The van der Waals surface area contributed by atoms with E-state index >= 15 is 0 Å². The highest BCUT2D eigenvalue weighted by molar-refractivity contribution is 6.18. The van der Waals surface area contributed by atoms with Gasteiger partial charge in [0.15, 0.2) is 0 Å². The van der Waals surface area contributed by atoms with Crippen LogP contribution in [0.25, 0.3) is 21.8 Å². The van der Waals surface area contributed by atoms with E-state index in [9.17, 15) is 9.59 Å². The van der Waals surface area contributed by atoms with E-state index in [1.807, 2.05) is 7.05 Å². The molecule has 0 unspecified atom stereocenters. The van der Waals surface area contributed by atoms with Crippen molar-refractivity contribution in [2.75, 3.05) is 38.1 Å². The highest BCUT2D eigenvalue weighted by Crippen LogP contribution is 2.36. The molecule has 5 rings (SSSR count). The van der Waals surface area contributed by atoms with Gasteiger partial charge in [0.25, 0.3) is 5.91 Å². The molecule has 2 aliphatic rings. The second-order valence-corrected chi connectivity index (χ2v) is 9.40. The number of fused-ring (bicyclic) bond motifs is 3. The summed E-state index contributed by atoms with van der Waals surface area (Å²) in [4.78, 5) is 34.2. The first-order chi connectivity index (χ1) is 16.0. The first-order valence-electron chi connectivity index (χ1n) is 12.0. The van der Waals surface area contributed by atoms with Crippen LogP contribution in [0.4, 0.5) is 5.82 Å². The highest BCUT2D eigenvalue weighted by atomic mass is 16.2. The molecule has 2 aromatic heterocycles. The van der Waals surface area contributed by atoms with E-state index in [-0.39, 0.29) is 11.8 Å². The van der Waals surface area contributed by atoms with Crippen LogP contribution in [-0.2, 0) is 4.79 Å². The minimum Gasteiger partial charge on any atom is -0.365 e. The van der Waals surface area contributed by atoms with Crippen molar-refractivity contribution < 1.29 is 9.59 Å². The summed E-state index contributed by atoms with van der Waals surface area (Å²) in [5.41, 5.74) is 9.17. The number of nitrogens with zero attached hydrogens (tertiary/aromatic N) is 2. The third-order valence-corrected chi connectivity index (χ3v) is 7.28. The number of primary amides is 1. The van der Waals surface area contributed by atoms with Gasteiger partial charge in [-0.15, -0.1) is 0 Å². The van der Waals surface area contributed by atoms with Gasteiger partial charge < -0.3 is 26.3 Å². The smallest absolute Gasteiger partial charge is 0.252 e. The predicted octanol–water partition coefficient (Wildman–Crippen LogP) is 2.63. The maximum Gasteiger partial charge on any atom is 0.252 e. The molecule has 2 fully saturated rings. The molecule has 8 nitrogen and oxygen atoms in total. The Labute approximate surface area is 193 Å². The number of amides is 2. The Bertz CT molecular complexity index is 1200. The number of benzene rings is 1. The predicted molar refractivity (Wildman–Crippen MR) is 131 cm³/mol. The zero-order valence-electron chi connectivity index (χ0n) is 19.1. The number of carbonyl (C=O) groups excluding carboxylic acids is 2. The minimum absolute atomic E-state index is 0.116. The number of rotatable bonds is 7. The fourth-order valence-electron chi connectivity index (χ4n) is 5.39. The lowest BCUT2D eigenvalue weighted by Crippen LogP contribution is -2.26. The van der Waals surface area contributed by atoms with Gasteiger partial charge in [0.2, 0.25) is 5.91 Å². The molecule has 8 heteroatoms. The molecule has 0 aliphatic carbocycles. The molecule has 33 heavy (non-hydrogen) atoms. The van der Waals surface area contributed by atoms with E-state index in [0.717, 1.165) is 85.9 Å². The van der Waals surface area contributed by atoms with E-state index in [1.165, 1.54) is 5.56 Å². The quantitative estimate of drug-likeness (QED) is 0.443. The van der Waals surface area contributed by atoms with E-state index in [1.54, 1.807) is 6.20 Å². The molecule has 3 aromatic rings. The van der Waals surface area contributed by atoms with Crippen molar-refractivity contribution >= 4 is 39.4 Å². The van der Waals surface area contributed by atoms with Crippen LogP contribution in [0.15, 0.2) is 24.4 Å². The number of aromatic nitrogens is 2. The molecule has 2 amide bonds. The summed E-state index contributed by atoms with van der Waals surface area (Å²) in [6.07, 6.45) is 6.52. The summed E-state index contributed by atoms with van der Waals surface area (Å²) in [7, 11) is 2.02. The summed E-state index contributed by atoms with van der Waals surface area (Å²) >= 11 is 0. The van der Waals surface area contributed by atoms with Gasteiger partial charge in [0, 0.05) is 43.2 Å². The number of pyridine rings is 1. The molecule has 5 N–H and O–H groups in total. The molecule has 1 aromatic carbocycles. The van der Waals surface area contributed by atoms with Crippen molar-refractivity contribution in [2.45, 2.75) is 38.0 Å². The summed E-state index contributed by atoms with van der Waals surface area (Å²) in [6.45, 7) is 3.65. The van der Waals surface area contributed by atoms with Gasteiger partial charge >= 0.3 is 0 Å². The Morgan fingerprint density at radius 2 is 2.03 bits per heavy atom. The van der Waals surface area contributed by atoms with Crippen LogP contribution in [0.1, 0.15) is 53.9 Å². The topological polar surface area (TPSA) is 116 Å². The second kappa shape index (κ2) is 9.02. The van der Waals surface area contributed by atoms with Crippen molar-refractivity contribution in [3.05, 3.63) is 35.5 Å². The summed E-state index contributed by atoms with van der Waals surface area (Å²) in [5.74, 6) is 1.17. The normalized spacial score (nSPS) is 19.3. The third kappa shape index (κ3) is 4.15. The Balaban J connectivity index is 1.48. The van der Waals surface area contributed by atoms with E-state index < -0.39 is 5.91 Å². The van der Waals surface area contributed by atoms with Crippen LogP contribution in [0.3, 0.4) is 0 Å². The molecule has 0 saturated carbocycles. The number of H-pyrrole nitrogens is 1. The Morgan fingerprint density at radius 1 is 1.21 bits per heavy atom. The van der Waals surface area contributed by atoms with E-state index in [4.69, 9.17) is 5.73 Å². The summed E-state index contributed by atoms with van der Waals surface area (Å²) in [6, 6.07) is 6.59. The SMILES string of the molecule is CN(CCC[C@H]1CCNC1=O)c1ncc(C(N)=O)c2[nH]c3cc(C4CCNCC4)ccc3c12. The lowest BCUT2D eigenvalue weighted by Gasteiger charge is -2.23. The monoisotopic (exact) mass is 448 g/mol. The van der Waals surface area contributed by atoms with Crippen molar-refractivity contribution in [2.24, 2.45) is 11.7 Å². The van der Waals surface area contributed by atoms with Crippen LogP contribution in [0.5, 0.6) is 0 Å². The number of hydrogen-bond donors (Lipinski definition) is 4. The first-order valence-corrected chi connectivity index (χ1v) is 12.0. The molecule has 1 atom stereocenters. The number of nitrogens with two attached hydrogens (primary N) is 1. The standard InChI is InChI=1S/C25H32N6O2/c1-31(12-2-3-16-8-11-28-25(16)33)24-21-18-5-4-17(15-6-9-27-10-7-15)13-20(18)30-22(21)19(14-29-24)23(26)32/h4-5,13-16,27,30H,2-3,6-12H2,1H3,(H2,26,32)(H,28,33)/t16-/m0/s1. The van der Waals surface area contributed by atoms with Gasteiger partial charge in [-0.3, -0.25) is 9.59 Å². The fourth-order valence-corrected chi connectivity index (χ4v) is 5.39. The van der Waals surface area contributed by atoms with Gasteiger partial charge in [0.1, 0.15) is 5.82 Å². The maximum atomic E-state index is 12.1. The average Bonchev–Trinajstić information content (AvgIpc) is 3.41. The zero-order chi connectivity index (χ0) is 22.9. The maximum absolute atomic E-state index is 12.1. The minimum atomic E-state index is -0.487. The molecule has 174 valence electrons. The Kier molecular flexibility index (Phi) is 5.93. The molecule has 2 aliphatic heterocycles. The molecule has 0 radical (unpaired) electrons. The molecule has 2 saturated heterocycles.